The van der Waals surface area contributed by atoms with Crippen LogP contribution < -0.4 is 0 Å². The fourth-order valence-electron chi connectivity index (χ4n) is 3.66. The quantitative estimate of drug-likeness (QED) is 0.664. The predicted octanol–water partition coefficient (Wildman–Crippen LogP) is 0.851. The Bertz CT molecular complexity index is 293. The molecule has 4 heteroatoms. The van der Waals surface area contributed by atoms with Crippen LogP contribution >= 0.6 is 0 Å². The normalized spacial score (nSPS) is 45.9. The van der Waals surface area contributed by atoms with Gasteiger partial charge in [0.25, 0.3) is 0 Å². The van der Waals surface area contributed by atoms with Gasteiger partial charge < -0.3 is 9.47 Å². The summed E-state index contributed by atoms with van der Waals surface area (Å²) in [7, 11) is 0. The maximum Gasteiger partial charge on any atom is 0.309 e. The molecular weight excluding hydrogens is 208 g/mol. The summed E-state index contributed by atoms with van der Waals surface area (Å²) in [6, 6.07) is 0. The number of carbonyl (C=O) groups excluding carboxylic acids is 2. The summed E-state index contributed by atoms with van der Waals surface area (Å²) >= 11 is 0. The maximum absolute atomic E-state index is 11.5. The second-order valence-electron chi connectivity index (χ2n) is 4.87. The van der Waals surface area contributed by atoms with Crippen molar-refractivity contribution in [3.8, 4) is 0 Å². The number of esters is 2. The van der Waals surface area contributed by atoms with Gasteiger partial charge in [-0.25, -0.2) is 0 Å². The molecule has 0 aromatic rings. The first kappa shape index (κ1) is 10.1. The molecule has 0 radical (unpaired) electrons. The van der Waals surface area contributed by atoms with Gasteiger partial charge in [0, 0.05) is 0 Å². The van der Waals surface area contributed by atoms with E-state index in [0.717, 1.165) is 0 Å². The molecule has 0 atom stereocenters. The third-order valence-electron chi connectivity index (χ3n) is 4.27. The third-order valence-corrected chi connectivity index (χ3v) is 4.27. The molecular formula is C12H16O4. The zero-order valence-electron chi connectivity index (χ0n) is 9.51. The van der Waals surface area contributed by atoms with Crippen molar-refractivity contribution >= 4 is 11.9 Å². The Kier molecular flexibility index (Phi) is 2.03. The minimum absolute atomic E-state index is 0.0627. The minimum Gasteiger partial charge on any atom is -0.466 e. The van der Waals surface area contributed by atoms with E-state index in [1.54, 1.807) is 0 Å². The van der Waals surface area contributed by atoms with Crippen LogP contribution in [0.5, 0.6) is 0 Å². The molecule has 3 aliphatic rings. The van der Waals surface area contributed by atoms with Crippen LogP contribution in [0.15, 0.2) is 0 Å². The molecule has 88 valence electrons. The highest BCUT2D eigenvalue weighted by Gasteiger charge is 2.86. The number of hydrogen-bond acceptors (Lipinski definition) is 4. The number of rotatable bonds is 4. The summed E-state index contributed by atoms with van der Waals surface area (Å²) in [5.74, 6) is 1.79. The van der Waals surface area contributed by atoms with Gasteiger partial charge in [0.1, 0.15) is 0 Å². The average Bonchev–Trinajstić information content (AvgIpc) is 3.01. The van der Waals surface area contributed by atoms with Gasteiger partial charge in [-0.05, 0) is 37.5 Å². The summed E-state index contributed by atoms with van der Waals surface area (Å²) in [6.07, 6.45) is 0. The summed E-state index contributed by atoms with van der Waals surface area (Å²) in [5, 5.41) is 0. The largest absolute Gasteiger partial charge is 0.466 e. The fraction of sp³-hybridized carbons (Fsp3) is 0.833. The second kappa shape index (κ2) is 3.22. The first-order valence-electron chi connectivity index (χ1n) is 6.05. The van der Waals surface area contributed by atoms with Crippen molar-refractivity contribution in [3.05, 3.63) is 0 Å². The van der Waals surface area contributed by atoms with Gasteiger partial charge in [0.05, 0.1) is 25.0 Å². The van der Waals surface area contributed by atoms with E-state index in [9.17, 15) is 9.59 Å². The predicted molar refractivity (Wildman–Crippen MR) is 54.2 cm³/mol. The molecule has 0 bridgehead atoms. The molecule has 16 heavy (non-hydrogen) atoms. The molecule has 0 aromatic carbocycles. The Morgan fingerprint density at radius 3 is 1.38 bits per heavy atom. The monoisotopic (exact) mass is 224 g/mol. The van der Waals surface area contributed by atoms with E-state index >= 15 is 0 Å². The highest BCUT2D eigenvalue weighted by Crippen LogP contribution is 2.83. The summed E-state index contributed by atoms with van der Waals surface area (Å²) < 4.78 is 10.0. The van der Waals surface area contributed by atoms with Gasteiger partial charge >= 0.3 is 11.9 Å². The van der Waals surface area contributed by atoms with Gasteiger partial charge in [0.2, 0.25) is 0 Å². The Morgan fingerprint density at radius 2 is 1.12 bits per heavy atom. The van der Waals surface area contributed by atoms with E-state index in [1.165, 1.54) is 0 Å². The van der Waals surface area contributed by atoms with E-state index in [1.807, 2.05) is 13.8 Å². The Labute approximate surface area is 94.3 Å². The lowest BCUT2D eigenvalue weighted by atomic mass is 10.0. The van der Waals surface area contributed by atoms with Gasteiger partial charge in [-0.2, -0.15) is 0 Å². The molecule has 3 saturated carbocycles. The molecule has 0 saturated heterocycles. The molecule has 3 rings (SSSR count). The fourth-order valence-corrected chi connectivity index (χ4v) is 3.66. The SMILES string of the molecule is CCOC(=O)C1C2C1C1C(C(=O)OCC)C21. The first-order valence-corrected chi connectivity index (χ1v) is 6.05. The number of ether oxygens (including phenoxy) is 2. The van der Waals surface area contributed by atoms with Crippen LogP contribution in [-0.4, -0.2) is 25.2 Å². The van der Waals surface area contributed by atoms with Gasteiger partial charge in [0.15, 0.2) is 0 Å². The minimum atomic E-state index is -0.0627. The summed E-state index contributed by atoms with van der Waals surface area (Å²) in [6.45, 7) is 4.55. The lowest BCUT2D eigenvalue weighted by molar-refractivity contribution is -0.147. The number of fused-ring (bicyclic) bond motifs is 4. The first-order chi connectivity index (χ1) is 7.72. The smallest absolute Gasteiger partial charge is 0.309 e. The van der Waals surface area contributed by atoms with Crippen molar-refractivity contribution in [1.82, 2.24) is 0 Å². The number of hydrogen-bond donors (Lipinski definition) is 0. The summed E-state index contributed by atoms with van der Waals surface area (Å²) in [5.41, 5.74) is 0. The maximum atomic E-state index is 11.5. The van der Waals surface area contributed by atoms with E-state index in [4.69, 9.17) is 9.47 Å². The van der Waals surface area contributed by atoms with Crippen LogP contribution in [0.1, 0.15) is 13.8 Å². The van der Waals surface area contributed by atoms with Crippen molar-refractivity contribution in [2.24, 2.45) is 35.5 Å². The molecule has 3 aliphatic carbocycles. The van der Waals surface area contributed by atoms with Crippen LogP contribution in [0.25, 0.3) is 0 Å². The zero-order chi connectivity index (χ0) is 11.4. The Morgan fingerprint density at radius 1 is 0.812 bits per heavy atom. The lowest BCUT2D eigenvalue weighted by Gasteiger charge is -2.02. The Balaban J connectivity index is 1.53. The average molecular weight is 224 g/mol. The van der Waals surface area contributed by atoms with Crippen molar-refractivity contribution in [2.45, 2.75) is 13.8 Å². The van der Waals surface area contributed by atoms with E-state index in [0.29, 0.717) is 36.9 Å². The van der Waals surface area contributed by atoms with Crippen molar-refractivity contribution in [2.75, 3.05) is 13.2 Å². The zero-order valence-corrected chi connectivity index (χ0v) is 9.51. The molecule has 0 aromatic heterocycles. The highest BCUT2D eigenvalue weighted by molar-refractivity contribution is 5.84. The summed E-state index contributed by atoms with van der Waals surface area (Å²) in [4.78, 5) is 23.0. The van der Waals surface area contributed by atoms with Crippen LogP contribution in [0.4, 0.5) is 0 Å². The molecule has 0 N–H and O–H groups in total. The molecule has 4 nitrogen and oxygen atoms in total. The molecule has 0 unspecified atom stereocenters. The van der Waals surface area contributed by atoms with E-state index in [2.05, 4.69) is 0 Å². The molecule has 0 amide bonds. The van der Waals surface area contributed by atoms with E-state index in [-0.39, 0.29) is 23.8 Å². The van der Waals surface area contributed by atoms with Crippen molar-refractivity contribution in [3.63, 3.8) is 0 Å². The van der Waals surface area contributed by atoms with Crippen molar-refractivity contribution in [1.29, 1.82) is 0 Å². The van der Waals surface area contributed by atoms with Crippen LogP contribution in [0.2, 0.25) is 0 Å². The Hall–Kier alpha value is -1.06. The van der Waals surface area contributed by atoms with Crippen LogP contribution in [0, 0.1) is 35.5 Å². The second-order valence-corrected chi connectivity index (χ2v) is 4.87. The topological polar surface area (TPSA) is 52.6 Å². The lowest BCUT2D eigenvalue weighted by Crippen LogP contribution is -2.12. The van der Waals surface area contributed by atoms with E-state index < -0.39 is 0 Å². The number of carbonyl (C=O) groups is 2. The van der Waals surface area contributed by atoms with Crippen molar-refractivity contribution < 1.29 is 19.1 Å². The molecule has 0 heterocycles. The molecule has 3 fully saturated rings. The van der Waals surface area contributed by atoms with Crippen LogP contribution in [0.3, 0.4) is 0 Å². The van der Waals surface area contributed by atoms with Gasteiger partial charge in [-0.3, -0.25) is 9.59 Å². The molecule has 0 aliphatic heterocycles. The highest BCUT2D eigenvalue weighted by atomic mass is 16.5. The van der Waals surface area contributed by atoms with Gasteiger partial charge in [-0.1, -0.05) is 0 Å². The molecule has 0 spiro atoms. The standard InChI is InChI=1S/C12H16O4/c1-3-15-11(13)9-5-6(9)8-7(5)10(8)12(14)16-4-2/h5-10H,3-4H2,1-2H3. The van der Waals surface area contributed by atoms with Crippen LogP contribution in [-0.2, 0) is 19.1 Å². The third kappa shape index (κ3) is 1.10. The van der Waals surface area contributed by atoms with Gasteiger partial charge in [-0.15, -0.1) is 0 Å².